The number of carbonyl (C=O) groups excluding carboxylic acids is 1. The Kier molecular flexibility index (Phi) is 6.65. The van der Waals surface area contributed by atoms with Crippen molar-refractivity contribution in [2.45, 2.75) is 38.5 Å². The first-order chi connectivity index (χ1) is 9.41. The topological polar surface area (TPSA) is 20.3 Å². The summed E-state index contributed by atoms with van der Waals surface area (Å²) in [6, 6.07) is 0. The highest BCUT2D eigenvalue weighted by atomic mass is 32.1. The number of thiol groups is 1. The summed E-state index contributed by atoms with van der Waals surface area (Å²) in [5.41, 5.74) is 0.0824. The smallest absolute Gasteiger partial charge is 0.252 e. The van der Waals surface area contributed by atoms with Crippen LogP contribution in [-0.2, 0) is 4.79 Å². The quantitative estimate of drug-likeness (QED) is 0.466. The maximum atomic E-state index is 14.0. The molecule has 1 aliphatic heterocycles. The first-order valence-electron chi connectivity index (χ1n) is 6.71. The van der Waals surface area contributed by atoms with Gasteiger partial charge in [0.1, 0.15) is 5.83 Å². The van der Waals surface area contributed by atoms with Gasteiger partial charge in [0.2, 0.25) is 0 Å². The molecule has 0 aromatic heterocycles. The molecule has 1 fully saturated rings. The predicted molar refractivity (Wildman–Crippen MR) is 76.8 cm³/mol. The Labute approximate surface area is 123 Å². The van der Waals surface area contributed by atoms with Gasteiger partial charge in [0.15, 0.2) is 0 Å². The lowest BCUT2D eigenvalue weighted by molar-refractivity contribution is -0.133. The van der Waals surface area contributed by atoms with Gasteiger partial charge < -0.3 is 4.90 Å². The molecule has 1 heterocycles. The Hall–Kier alpha value is -0.910. The van der Waals surface area contributed by atoms with E-state index in [0.29, 0.717) is 5.75 Å². The highest BCUT2D eigenvalue weighted by molar-refractivity contribution is 7.80. The standard InChI is InChI=1S/C14H20F3NOS/c1-2-11(12(15)5-3-4-10-20)13(19)18-8-6-14(16,17)7-9-18/h3-4,20H,2,5-10H2,1H3/b4-3-,12-11-. The zero-order chi connectivity index (χ0) is 15.2. The third-order valence-corrected chi connectivity index (χ3v) is 3.50. The molecule has 1 amide bonds. The number of carbonyl (C=O) groups is 1. The number of allylic oxidation sites excluding steroid dienone is 2. The van der Waals surface area contributed by atoms with Gasteiger partial charge in [0, 0.05) is 43.7 Å². The van der Waals surface area contributed by atoms with Crippen molar-refractivity contribution in [3.8, 4) is 0 Å². The van der Waals surface area contributed by atoms with Crippen molar-refractivity contribution >= 4 is 18.5 Å². The molecule has 0 spiro atoms. The summed E-state index contributed by atoms with van der Waals surface area (Å²) in [5.74, 6) is -3.16. The van der Waals surface area contributed by atoms with Crippen molar-refractivity contribution in [3.05, 3.63) is 23.6 Å². The number of halogens is 3. The first kappa shape index (κ1) is 17.1. The lowest BCUT2D eigenvalue weighted by atomic mass is 10.0. The Bertz CT molecular complexity index is 397. The fraction of sp³-hybridized carbons (Fsp3) is 0.643. The van der Waals surface area contributed by atoms with Crippen LogP contribution < -0.4 is 0 Å². The van der Waals surface area contributed by atoms with Gasteiger partial charge in [-0.1, -0.05) is 19.1 Å². The lowest BCUT2D eigenvalue weighted by Crippen LogP contribution is -2.43. The molecule has 1 aliphatic rings. The second-order valence-corrected chi connectivity index (χ2v) is 5.11. The minimum absolute atomic E-state index is 0.0188. The van der Waals surface area contributed by atoms with E-state index in [4.69, 9.17) is 0 Å². The highest BCUT2D eigenvalue weighted by Gasteiger charge is 2.36. The van der Waals surface area contributed by atoms with E-state index in [1.165, 1.54) is 4.90 Å². The van der Waals surface area contributed by atoms with Crippen molar-refractivity contribution in [2.75, 3.05) is 18.8 Å². The van der Waals surface area contributed by atoms with Gasteiger partial charge in [-0.3, -0.25) is 4.79 Å². The number of likely N-dealkylation sites (tertiary alicyclic amines) is 1. The number of piperidine rings is 1. The second-order valence-electron chi connectivity index (χ2n) is 4.74. The summed E-state index contributed by atoms with van der Waals surface area (Å²) in [6.45, 7) is 1.65. The Morgan fingerprint density at radius 3 is 2.40 bits per heavy atom. The zero-order valence-electron chi connectivity index (χ0n) is 11.5. The van der Waals surface area contributed by atoms with E-state index in [2.05, 4.69) is 12.6 Å². The minimum Gasteiger partial charge on any atom is -0.338 e. The van der Waals surface area contributed by atoms with Crippen LogP contribution in [0.15, 0.2) is 23.6 Å². The third kappa shape index (κ3) is 4.89. The summed E-state index contributed by atoms with van der Waals surface area (Å²) in [7, 11) is 0. The number of hydrogen-bond donors (Lipinski definition) is 1. The molecule has 0 N–H and O–H groups in total. The van der Waals surface area contributed by atoms with Crippen molar-refractivity contribution in [3.63, 3.8) is 0 Å². The summed E-state index contributed by atoms with van der Waals surface area (Å²) in [6.07, 6.45) is 2.90. The third-order valence-electron chi connectivity index (χ3n) is 3.29. The maximum absolute atomic E-state index is 14.0. The van der Waals surface area contributed by atoms with Gasteiger partial charge >= 0.3 is 0 Å². The van der Waals surface area contributed by atoms with Gasteiger partial charge in [0.05, 0.1) is 0 Å². The number of amides is 1. The summed E-state index contributed by atoms with van der Waals surface area (Å²) in [5, 5.41) is 0. The van der Waals surface area contributed by atoms with Crippen LogP contribution in [0.2, 0.25) is 0 Å². The average molecular weight is 307 g/mol. The van der Waals surface area contributed by atoms with Gasteiger partial charge in [-0.15, -0.1) is 0 Å². The molecular weight excluding hydrogens is 287 g/mol. The van der Waals surface area contributed by atoms with Crippen molar-refractivity contribution in [1.29, 1.82) is 0 Å². The molecule has 6 heteroatoms. The molecule has 0 unspecified atom stereocenters. The minimum atomic E-state index is -2.71. The van der Waals surface area contributed by atoms with Crippen LogP contribution in [0.4, 0.5) is 13.2 Å². The highest BCUT2D eigenvalue weighted by Crippen LogP contribution is 2.29. The molecule has 0 aromatic rings. The molecule has 0 radical (unpaired) electrons. The Balaban J connectivity index is 2.72. The fourth-order valence-electron chi connectivity index (χ4n) is 2.07. The van der Waals surface area contributed by atoms with Gasteiger partial charge in [-0.25, -0.2) is 13.2 Å². The number of rotatable bonds is 5. The molecule has 1 saturated heterocycles. The van der Waals surface area contributed by atoms with Crippen molar-refractivity contribution in [2.24, 2.45) is 0 Å². The largest absolute Gasteiger partial charge is 0.338 e. The average Bonchev–Trinajstić information content (AvgIpc) is 2.39. The van der Waals surface area contributed by atoms with E-state index in [0.717, 1.165) is 0 Å². The Morgan fingerprint density at radius 1 is 1.30 bits per heavy atom. The van der Waals surface area contributed by atoms with Crippen LogP contribution in [-0.4, -0.2) is 35.6 Å². The van der Waals surface area contributed by atoms with Gasteiger partial charge in [-0.2, -0.15) is 12.6 Å². The molecule has 1 rings (SSSR count). The van der Waals surface area contributed by atoms with E-state index in [1.807, 2.05) is 0 Å². The number of nitrogens with zero attached hydrogens (tertiary/aromatic N) is 1. The summed E-state index contributed by atoms with van der Waals surface area (Å²) < 4.78 is 40.1. The van der Waals surface area contributed by atoms with E-state index in [1.54, 1.807) is 19.1 Å². The van der Waals surface area contributed by atoms with Crippen molar-refractivity contribution < 1.29 is 18.0 Å². The molecular formula is C14H20F3NOS. The van der Waals surface area contributed by atoms with Crippen LogP contribution in [0.5, 0.6) is 0 Å². The summed E-state index contributed by atoms with van der Waals surface area (Å²) in [4.78, 5) is 13.5. The van der Waals surface area contributed by atoms with Crippen molar-refractivity contribution in [1.82, 2.24) is 4.90 Å². The van der Waals surface area contributed by atoms with E-state index in [-0.39, 0.29) is 44.3 Å². The van der Waals surface area contributed by atoms with Crippen LogP contribution in [0, 0.1) is 0 Å². The normalized spacial score (nSPS) is 20.1. The van der Waals surface area contributed by atoms with E-state index >= 15 is 0 Å². The van der Waals surface area contributed by atoms with E-state index in [9.17, 15) is 18.0 Å². The molecule has 0 aromatic carbocycles. The van der Waals surface area contributed by atoms with E-state index < -0.39 is 17.7 Å². The maximum Gasteiger partial charge on any atom is 0.252 e. The monoisotopic (exact) mass is 307 g/mol. The molecule has 0 bridgehead atoms. The van der Waals surface area contributed by atoms with Crippen LogP contribution >= 0.6 is 12.6 Å². The summed E-state index contributed by atoms with van der Waals surface area (Å²) >= 11 is 3.97. The lowest BCUT2D eigenvalue weighted by Gasteiger charge is -2.32. The second kappa shape index (κ2) is 7.76. The Morgan fingerprint density at radius 2 is 1.90 bits per heavy atom. The van der Waals surface area contributed by atoms with Crippen LogP contribution in [0.25, 0.3) is 0 Å². The van der Waals surface area contributed by atoms with Gasteiger partial charge in [-0.05, 0) is 6.42 Å². The van der Waals surface area contributed by atoms with Gasteiger partial charge in [0.25, 0.3) is 11.8 Å². The molecule has 114 valence electrons. The number of hydrogen-bond acceptors (Lipinski definition) is 2. The molecule has 0 atom stereocenters. The van der Waals surface area contributed by atoms with Crippen LogP contribution in [0.3, 0.4) is 0 Å². The molecule has 0 saturated carbocycles. The van der Waals surface area contributed by atoms with Crippen LogP contribution in [0.1, 0.15) is 32.6 Å². The SMILES string of the molecule is CC/C(C(=O)N1CCC(F)(F)CC1)=C(/F)C/C=C\CS. The first-order valence-corrected chi connectivity index (χ1v) is 7.35. The number of alkyl halides is 2. The molecule has 0 aliphatic carbocycles. The molecule has 20 heavy (non-hydrogen) atoms. The fourth-order valence-corrected chi connectivity index (χ4v) is 2.22. The predicted octanol–water partition coefficient (Wildman–Crippen LogP) is 3.75. The molecule has 2 nitrogen and oxygen atoms in total. The zero-order valence-corrected chi connectivity index (χ0v) is 12.4.